The number of hydroxylamine groups is 4. The van der Waals surface area contributed by atoms with Gasteiger partial charge in [-0.05, 0) is 0 Å². The fraction of sp³-hybridized carbons (Fsp3) is 0.800. The number of hydrogen-bond donors (Lipinski definition) is 2. The van der Waals surface area contributed by atoms with Gasteiger partial charge in [-0.25, -0.2) is 10.0 Å². The lowest BCUT2D eigenvalue weighted by Crippen LogP contribution is -2.49. The Kier molecular flexibility index (Phi) is 1.63. The van der Waals surface area contributed by atoms with Crippen LogP contribution >= 0.6 is 0 Å². The minimum absolute atomic E-state index is 0.0770. The van der Waals surface area contributed by atoms with Gasteiger partial charge in [0.05, 0.1) is 0 Å². The maximum Gasteiger partial charge on any atom is 0.279 e. The van der Waals surface area contributed by atoms with Gasteiger partial charge in [-0.15, -0.1) is 0 Å². The van der Waals surface area contributed by atoms with Gasteiger partial charge in [-0.1, -0.05) is 0 Å². The number of carbonyl (C=O) groups excluding carboxylic acids is 1. The van der Waals surface area contributed by atoms with Crippen molar-refractivity contribution in [2.45, 2.75) is 18.9 Å². The summed E-state index contributed by atoms with van der Waals surface area (Å²) in [6.07, 6.45) is 0.961. The van der Waals surface area contributed by atoms with E-state index < -0.39 is 16.8 Å². The average molecular weight is 146 g/mol. The van der Waals surface area contributed by atoms with Crippen LogP contribution in [0, 0.1) is 5.21 Å². The molecule has 1 rings (SSSR count). The molecule has 0 aromatic rings. The van der Waals surface area contributed by atoms with Crippen molar-refractivity contribution in [2.24, 2.45) is 5.73 Å². The molecule has 1 saturated heterocycles. The first-order valence-electron chi connectivity index (χ1n) is 3.15. The zero-order valence-electron chi connectivity index (χ0n) is 5.49. The van der Waals surface area contributed by atoms with Crippen LogP contribution in [0.5, 0.6) is 0 Å². The van der Waals surface area contributed by atoms with E-state index in [4.69, 9.17) is 10.9 Å². The van der Waals surface area contributed by atoms with E-state index in [-0.39, 0.29) is 6.54 Å². The molecule has 0 aromatic heterocycles. The second-order valence-corrected chi connectivity index (χ2v) is 2.54. The number of nitrogens with two attached hydrogens (primary N) is 1. The molecule has 1 amide bonds. The molecule has 0 bridgehead atoms. The van der Waals surface area contributed by atoms with Crippen molar-refractivity contribution in [3.8, 4) is 0 Å². The van der Waals surface area contributed by atoms with Crippen molar-refractivity contribution < 1.29 is 14.8 Å². The number of amides is 1. The highest BCUT2D eigenvalue weighted by molar-refractivity contribution is 5.78. The first-order chi connectivity index (χ1) is 4.54. The highest BCUT2D eigenvalue weighted by atomic mass is 16.8. The summed E-state index contributed by atoms with van der Waals surface area (Å²) in [7, 11) is 0. The highest BCUT2D eigenvalue weighted by Gasteiger charge is 2.38. The monoisotopic (exact) mass is 146 g/mol. The summed E-state index contributed by atoms with van der Waals surface area (Å²) in [5.74, 6) is -0.713. The van der Waals surface area contributed by atoms with Gasteiger partial charge in [0.1, 0.15) is 6.54 Å². The first kappa shape index (κ1) is 7.46. The minimum Gasteiger partial charge on any atom is -0.598 e. The summed E-state index contributed by atoms with van der Waals surface area (Å²) in [6.45, 7) is 0.0770. The van der Waals surface area contributed by atoms with E-state index in [1.807, 2.05) is 0 Å². The molecule has 2 unspecified atom stereocenters. The Hall–Kier alpha value is -0.650. The van der Waals surface area contributed by atoms with Crippen LogP contribution in [-0.4, -0.2) is 28.5 Å². The van der Waals surface area contributed by atoms with Gasteiger partial charge in [0, 0.05) is 12.8 Å². The maximum absolute atomic E-state index is 10.9. The summed E-state index contributed by atoms with van der Waals surface area (Å²) in [4.78, 5) is 8.99. The second-order valence-electron chi connectivity index (χ2n) is 2.54. The van der Waals surface area contributed by atoms with Crippen LogP contribution in [0.2, 0.25) is 0 Å². The van der Waals surface area contributed by atoms with Crippen molar-refractivity contribution >= 4 is 5.91 Å². The van der Waals surface area contributed by atoms with E-state index in [0.717, 1.165) is 0 Å². The standard InChI is InChI=1S/C5H10N2O3/c6-5(8)4-2-1-3-7(4,9)10/h4,9H,1-3H2,(H2,6,8). The third kappa shape index (κ3) is 1.11. The van der Waals surface area contributed by atoms with Gasteiger partial charge in [0.25, 0.3) is 5.91 Å². The third-order valence-corrected chi connectivity index (χ3v) is 1.77. The molecule has 10 heavy (non-hydrogen) atoms. The Morgan fingerprint density at radius 1 is 1.80 bits per heavy atom. The molecule has 5 nitrogen and oxygen atoms in total. The van der Waals surface area contributed by atoms with Crippen molar-refractivity contribution in [3.05, 3.63) is 5.21 Å². The van der Waals surface area contributed by atoms with Crippen molar-refractivity contribution in [2.75, 3.05) is 6.54 Å². The van der Waals surface area contributed by atoms with Gasteiger partial charge in [-0.2, -0.15) is 0 Å². The van der Waals surface area contributed by atoms with Crippen molar-refractivity contribution in [1.29, 1.82) is 0 Å². The third-order valence-electron chi connectivity index (χ3n) is 1.77. The van der Waals surface area contributed by atoms with E-state index in [0.29, 0.717) is 12.8 Å². The number of rotatable bonds is 1. The van der Waals surface area contributed by atoms with Crippen LogP contribution in [0.3, 0.4) is 0 Å². The number of primary amides is 1. The number of carbonyl (C=O) groups is 1. The smallest absolute Gasteiger partial charge is 0.279 e. The topological polar surface area (TPSA) is 86.4 Å². The largest absolute Gasteiger partial charge is 0.598 e. The fourth-order valence-electron chi connectivity index (χ4n) is 1.21. The van der Waals surface area contributed by atoms with Crippen LogP contribution in [0.1, 0.15) is 12.8 Å². The quantitative estimate of drug-likeness (QED) is 0.380. The van der Waals surface area contributed by atoms with E-state index in [2.05, 4.69) is 0 Å². The van der Waals surface area contributed by atoms with Crippen LogP contribution in [0.25, 0.3) is 0 Å². The number of nitrogens with zero attached hydrogens (tertiary/aromatic N) is 1. The predicted octanol–water partition coefficient (Wildman–Crippen LogP) is -0.662. The van der Waals surface area contributed by atoms with Crippen LogP contribution < -0.4 is 5.73 Å². The Labute approximate surface area is 58.2 Å². The van der Waals surface area contributed by atoms with Gasteiger partial charge in [0.2, 0.25) is 0 Å². The van der Waals surface area contributed by atoms with E-state index >= 15 is 0 Å². The number of hydrogen-bond acceptors (Lipinski definition) is 3. The fourth-order valence-corrected chi connectivity index (χ4v) is 1.21. The molecule has 0 spiro atoms. The normalized spacial score (nSPS) is 40.0. The molecule has 5 heteroatoms. The summed E-state index contributed by atoms with van der Waals surface area (Å²) in [5, 5.41) is 19.8. The maximum atomic E-state index is 10.9. The van der Waals surface area contributed by atoms with Crippen LogP contribution in [-0.2, 0) is 4.79 Å². The zero-order valence-corrected chi connectivity index (χ0v) is 5.49. The molecule has 0 aromatic carbocycles. The molecule has 1 fully saturated rings. The lowest BCUT2D eigenvalue weighted by molar-refractivity contribution is -1.07. The zero-order chi connectivity index (χ0) is 7.78. The van der Waals surface area contributed by atoms with Gasteiger partial charge in [0.15, 0.2) is 6.04 Å². The highest BCUT2D eigenvalue weighted by Crippen LogP contribution is 2.21. The first-order valence-corrected chi connectivity index (χ1v) is 3.15. The second kappa shape index (κ2) is 2.19. The Bertz CT molecular complexity index is 157. The number of quaternary nitrogens is 1. The Balaban J connectivity index is 2.68. The minimum atomic E-state index is -1.48. The molecule has 0 radical (unpaired) electrons. The van der Waals surface area contributed by atoms with Gasteiger partial charge in [-0.3, -0.25) is 4.79 Å². The van der Waals surface area contributed by atoms with Gasteiger partial charge >= 0.3 is 0 Å². The molecular formula is C5H10N2O3. The van der Waals surface area contributed by atoms with E-state index in [1.54, 1.807) is 0 Å². The average Bonchev–Trinajstić information content (AvgIpc) is 2.08. The molecule has 58 valence electrons. The molecular weight excluding hydrogens is 136 g/mol. The SMILES string of the molecule is NC(=O)C1CCC[N+]1([O-])O. The summed E-state index contributed by atoms with van der Waals surface area (Å²) < 4.78 is 0. The molecule has 2 atom stereocenters. The summed E-state index contributed by atoms with van der Waals surface area (Å²) in [6, 6.07) is -0.944. The Morgan fingerprint density at radius 2 is 2.40 bits per heavy atom. The molecule has 1 heterocycles. The predicted molar refractivity (Wildman–Crippen MR) is 32.5 cm³/mol. The van der Waals surface area contributed by atoms with Crippen LogP contribution in [0.4, 0.5) is 0 Å². The molecule has 0 aliphatic carbocycles. The van der Waals surface area contributed by atoms with Crippen LogP contribution in [0.15, 0.2) is 0 Å². The van der Waals surface area contributed by atoms with E-state index in [9.17, 15) is 10.0 Å². The van der Waals surface area contributed by atoms with Crippen molar-refractivity contribution in [3.63, 3.8) is 0 Å². The molecule has 1 aliphatic rings. The molecule has 0 saturated carbocycles. The van der Waals surface area contributed by atoms with Gasteiger partial charge < -0.3 is 10.9 Å². The van der Waals surface area contributed by atoms with E-state index in [1.165, 1.54) is 0 Å². The summed E-state index contributed by atoms with van der Waals surface area (Å²) >= 11 is 0. The lowest BCUT2D eigenvalue weighted by atomic mass is 10.2. The molecule has 3 N–H and O–H groups in total. The molecule has 1 aliphatic heterocycles. The summed E-state index contributed by atoms with van der Waals surface area (Å²) in [5.41, 5.74) is 4.86. The lowest BCUT2D eigenvalue weighted by Gasteiger charge is -2.32. The van der Waals surface area contributed by atoms with Crippen molar-refractivity contribution in [1.82, 2.24) is 0 Å². The Morgan fingerprint density at radius 3 is 2.60 bits per heavy atom.